The largest absolute Gasteiger partial charge is 0.456 e. The molecule has 0 amide bonds. The Hall–Kier alpha value is -9.95. The molecule has 7 heteroatoms. The van der Waals surface area contributed by atoms with Crippen molar-refractivity contribution in [1.29, 1.82) is 0 Å². The van der Waals surface area contributed by atoms with E-state index < -0.39 is 0 Å². The molecular formula is C69H40N4O2S. The standard InChI is InChI=1S/C69H40N4O2S/c1-4-15-41(16-5-1)53-38-47(39-62-65(53)51-22-11-13-25-59(51)75-62)68-70-67(42-17-6-2-7-18-42)71-69(72-68)52-23-14-26-61-66(52)56-37-44(29-33-60(56)74-61)45-30-34-63-55(36-45)50-31-27-46(40-64(50)76-63)43-28-32-58-54(35-43)49-21-10-12-24-57(49)73(58)48-19-8-3-9-20-48/h1-40H. The van der Waals surface area contributed by atoms with Crippen molar-refractivity contribution in [3.05, 3.63) is 243 Å². The second-order valence-electron chi connectivity index (χ2n) is 19.5. The van der Waals surface area contributed by atoms with Crippen LogP contribution >= 0.6 is 11.3 Å². The molecular weight excluding hydrogens is 949 g/mol. The van der Waals surface area contributed by atoms with E-state index in [0.717, 1.165) is 88.5 Å². The third-order valence-electron chi connectivity index (χ3n) is 15.0. The second kappa shape index (κ2) is 16.8. The van der Waals surface area contributed by atoms with Crippen molar-refractivity contribution < 1.29 is 8.83 Å². The summed E-state index contributed by atoms with van der Waals surface area (Å²) in [4.78, 5) is 15.7. The summed E-state index contributed by atoms with van der Waals surface area (Å²) in [5.74, 6) is 1.68. The van der Waals surface area contributed by atoms with Gasteiger partial charge in [-0.05, 0) is 118 Å². The smallest absolute Gasteiger partial charge is 0.164 e. The van der Waals surface area contributed by atoms with E-state index in [9.17, 15) is 0 Å². The highest BCUT2D eigenvalue weighted by atomic mass is 32.1. The molecule has 6 nitrogen and oxygen atoms in total. The number of hydrogen-bond donors (Lipinski definition) is 0. The topological polar surface area (TPSA) is 69.9 Å². The van der Waals surface area contributed by atoms with Crippen molar-refractivity contribution in [2.24, 2.45) is 0 Å². The van der Waals surface area contributed by atoms with Crippen LogP contribution in [0.3, 0.4) is 0 Å². The first-order valence-corrected chi connectivity index (χ1v) is 26.3. The molecule has 16 aromatic rings. The molecule has 0 bridgehead atoms. The lowest BCUT2D eigenvalue weighted by Gasteiger charge is -2.11. The van der Waals surface area contributed by atoms with Gasteiger partial charge in [-0.1, -0.05) is 158 Å². The molecule has 0 N–H and O–H groups in total. The molecule has 0 fully saturated rings. The third kappa shape index (κ3) is 6.76. The maximum absolute atomic E-state index is 6.62. The van der Waals surface area contributed by atoms with Gasteiger partial charge in [0.1, 0.15) is 22.3 Å². The molecule has 0 unspecified atom stereocenters. The summed E-state index contributed by atoms with van der Waals surface area (Å²) in [6.07, 6.45) is 0. The molecule has 5 aromatic heterocycles. The monoisotopic (exact) mass is 988 g/mol. The molecule has 0 radical (unpaired) electrons. The first kappa shape index (κ1) is 42.5. The molecule has 16 rings (SSSR count). The lowest BCUT2D eigenvalue weighted by atomic mass is 9.96. The van der Waals surface area contributed by atoms with Crippen LogP contribution in [0.2, 0.25) is 0 Å². The number of nitrogens with zero attached hydrogens (tertiary/aromatic N) is 4. The van der Waals surface area contributed by atoms with E-state index in [0.29, 0.717) is 17.5 Å². The summed E-state index contributed by atoms with van der Waals surface area (Å²) in [6.45, 7) is 0. The van der Waals surface area contributed by atoms with Crippen molar-refractivity contribution in [3.63, 3.8) is 0 Å². The number of aromatic nitrogens is 4. The lowest BCUT2D eigenvalue weighted by Crippen LogP contribution is -2.00. The van der Waals surface area contributed by atoms with E-state index in [1.807, 2.05) is 72.0 Å². The van der Waals surface area contributed by atoms with E-state index in [-0.39, 0.29) is 0 Å². The van der Waals surface area contributed by atoms with Crippen LogP contribution < -0.4 is 0 Å². The minimum absolute atomic E-state index is 0.547. The van der Waals surface area contributed by atoms with Crippen LogP contribution in [-0.4, -0.2) is 19.5 Å². The maximum Gasteiger partial charge on any atom is 0.164 e. The number of fused-ring (bicyclic) bond motifs is 12. The van der Waals surface area contributed by atoms with Gasteiger partial charge >= 0.3 is 0 Å². The van der Waals surface area contributed by atoms with Crippen LogP contribution in [0.5, 0.6) is 0 Å². The number of para-hydroxylation sites is 3. The molecule has 11 aromatic carbocycles. The molecule has 354 valence electrons. The Morgan fingerprint density at radius 3 is 1.70 bits per heavy atom. The van der Waals surface area contributed by atoms with Gasteiger partial charge in [0.15, 0.2) is 17.5 Å². The molecule has 0 saturated heterocycles. The lowest BCUT2D eigenvalue weighted by molar-refractivity contribution is 0.668. The number of furan rings is 2. The molecule has 0 aliphatic carbocycles. The van der Waals surface area contributed by atoms with E-state index >= 15 is 0 Å². The van der Waals surface area contributed by atoms with Crippen molar-refractivity contribution in [1.82, 2.24) is 19.5 Å². The quantitative estimate of drug-likeness (QED) is 0.159. The van der Waals surface area contributed by atoms with Gasteiger partial charge < -0.3 is 13.4 Å². The Morgan fingerprint density at radius 1 is 0.289 bits per heavy atom. The highest BCUT2D eigenvalue weighted by Gasteiger charge is 2.22. The summed E-state index contributed by atoms with van der Waals surface area (Å²) in [5.41, 5.74) is 16.1. The van der Waals surface area contributed by atoms with Crippen LogP contribution in [0, 0.1) is 0 Å². The van der Waals surface area contributed by atoms with Gasteiger partial charge in [0.05, 0.1) is 11.0 Å². The van der Waals surface area contributed by atoms with E-state index in [4.69, 9.17) is 23.8 Å². The molecule has 0 aliphatic rings. The Balaban J connectivity index is 0.804. The normalized spacial score (nSPS) is 11.9. The number of hydrogen-bond acceptors (Lipinski definition) is 6. The number of rotatable bonds is 7. The van der Waals surface area contributed by atoms with Crippen molar-refractivity contribution in [3.8, 4) is 73.2 Å². The summed E-state index contributed by atoms with van der Waals surface area (Å²) >= 11 is 1.84. The Kier molecular flexibility index (Phi) is 9.40. The zero-order valence-corrected chi connectivity index (χ0v) is 41.4. The fourth-order valence-electron chi connectivity index (χ4n) is 11.5. The Bertz CT molecular complexity index is 4990. The van der Waals surface area contributed by atoms with E-state index in [2.05, 4.69) is 187 Å². The highest BCUT2D eigenvalue weighted by Crippen LogP contribution is 2.44. The zero-order chi connectivity index (χ0) is 49.8. The second-order valence-corrected chi connectivity index (χ2v) is 20.6. The fourth-order valence-corrected chi connectivity index (χ4v) is 12.6. The SMILES string of the molecule is c1ccc(-c2nc(-c3cc(-c4ccccc4)c4c(c3)oc3ccccc34)nc(-c3cccc4oc5ccc(-c6ccc7sc8cc(-c9ccc%10c(c9)c9ccccc9n%10-c9ccccc9)ccc8c7c6)cc5c34)n2)cc1. The summed E-state index contributed by atoms with van der Waals surface area (Å²) in [5, 5.41) is 9.05. The van der Waals surface area contributed by atoms with Gasteiger partial charge in [0.25, 0.3) is 0 Å². The van der Waals surface area contributed by atoms with Crippen LogP contribution in [0.15, 0.2) is 251 Å². The molecule has 0 spiro atoms. The van der Waals surface area contributed by atoms with Gasteiger partial charge in [0.2, 0.25) is 0 Å². The van der Waals surface area contributed by atoms with Gasteiger partial charge in [-0.2, -0.15) is 0 Å². The first-order chi connectivity index (χ1) is 37.6. The summed E-state index contributed by atoms with van der Waals surface area (Å²) < 4.78 is 18.1. The predicted octanol–water partition coefficient (Wildman–Crippen LogP) is 19.1. The van der Waals surface area contributed by atoms with Gasteiger partial charge in [-0.3, -0.25) is 0 Å². The van der Waals surface area contributed by atoms with E-state index in [1.54, 1.807) is 0 Å². The number of thiophene rings is 1. The van der Waals surface area contributed by atoms with Crippen molar-refractivity contribution in [2.45, 2.75) is 0 Å². The minimum atomic E-state index is 0.547. The molecule has 0 atom stereocenters. The van der Waals surface area contributed by atoms with Gasteiger partial charge in [-0.25, -0.2) is 15.0 Å². The molecule has 76 heavy (non-hydrogen) atoms. The Labute approximate surface area is 439 Å². The van der Waals surface area contributed by atoms with Crippen LogP contribution in [0.25, 0.3) is 159 Å². The predicted molar refractivity (Wildman–Crippen MR) is 314 cm³/mol. The average molecular weight is 989 g/mol. The molecule has 0 saturated carbocycles. The van der Waals surface area contributed by atoms with E-state index in [1.165, 1.54) is 53.1 Å². The van der Waals surface area contributed by atoms with Crippen molar-refractivity contribution in [2.75, 3.05) is 0 Å². The fraction of sp³-hybridized carbons (Fsp3) is 0. The molecule has 5 heterocycles. The highest BCUT2D eigenvalue weighted by molar-refractivity contribution is 7.25. The molecule has 0 aliphatic heterocycles. The summed E-state index contributed by atoms with van der Waals surface area (Å²) in [7, 11) is 0. The summed E-state index contributed by atoms with van der Waals surface area (Å²) in [6, 6.07) is 85.7. The number of benzene rings is 11. The van der Waals surface area contributed by atoms with Crippen LogP contribution in [0.1, 0.15) is 0 Å². The average Bonchev–Trinajstić information content (AvgIpc) is 4.30. The third-order valence-corrected chi connectivity index (χ3v) is 16.2. The Morgan fingerprint density at radius 2 is 0.868 bits per heavy atom. The minimum Gasteiger partial charge on any atom is -0.456 e. The van der Waals surface area contributed by atoms with Crippen molar-refractivity contribution >= 4 is 97.2 Å². The van der Waals surface area contributed by atoms with Crippen LogP contribution in [0.4, 0.5) is 0 Å². The van der Waals surface area contributed by atoms with Gasteiger partial charge in [0, 0.05) is 74.9 Å². The zero-order valence-electron chi connectivity index (χ0n) is 40.6. The van der Waals surface area contributed by atoms with Gasteiger partial charge in [-0.15, -0.1) is 11.3 Å². The first-order valence-electron chi connectivity index (χ1n) is 25.5. The van der Waals surface area contributed by atoms with Crippen LogP contribution in [-0.2, 0) is 0 Å². The maximum atomic E-state index is 6.62.